The van der Waals surface area contributed by atoms with Crippen LogP contribution in [-0.2, 0) is 0 Å². The Balaban J connectivity index is 1.65. The fourth-order valence-corrected chi connectivity index (χ4v) is 3.26. The molecular formula is C13H24N2. The van der Waals surface area contributed by atoms with Gasteiger partial charge in [0.05, 0.1) is 0 Å². The van der Waals surface area contributed by atoms with Gasteiger partial charge < -0.3 is 5.32 Å². The van der Waals surface area contributed by atoms with Gasteiger partial charge in [0.25, 0.3) is 0 Å². The molecule has 0 spiro atoms. The van der Waals surface area contributed by atoms with Crippen LogP contribution in [-0.4, -0.2) is 36.1 Å². The second kappa shape index (κ2) is 3.74. The highest BCUT2D eigenvalue weighted by molar-refractivity contribution is 4.98. The van der Waals surface area contributed by atoms with E-state index in [0.717, 1.165) is 12.0 Å². The third-order valence-electron chi connectivity index (χ3n) is 4.81. The van der Waals surface area contributed by atoms with Crippen LogP contribution in [0.5, 0.6) is 0 Å². The Hall–Kier alpha value is -0.0800. The van der Waals surface area contributed by atoms with Crippen molar-refractivity contribution in [2.75, 3.05) is 19.6 Å². The van der Waals surface area contributed by atoms with Gasteiger partial charge in [-0.3, -0.25) is 4.90 Å². The second-order valence-electron chi connectivity index (χ2n) is 6.05. The molecule has 3 fully saturated rings. The van der Waals surface area contributed by atoms with Gasteiger partial charge in [-0.25, -0.2) is 0 Å². The summed E-state index contributed by atoms with van der Waals surface area (Å²) >= 11 is 0. The average Bonchev–Trinajstić information content (AvgIpc) is 2.99. The van der Waals surface area contributed by atoms with Crippen LogP contribution in [0.15, 0.2) is 0 Å². The standard InChI is InChI=1S/C13H24N2/c1-13(6-2-7-13)15-9-3-8-14-12(10-15)11-4-5-11/h11-12,14H,2-10H2,1H3. The van der Waals surface area contributed by atoms with Crippen LogP contribution >= 0.6 is 0 Å². The maximum atomic E-state index is 3.75. The fraction of sp³-hybridized carbons (Fsp3) is 1.00. The van der Waals surface area contributed by atoms with Gasteiger partial charge >= 0.3 is 0 Å². The largest absolute Gasteiger partial charge is 0.312 e. The minimum atomic E-state index is 0.569. The van der Waals surface area contributed by atoms with Gasteiger partial charge in [0.15, 0.2) is 0 Å². The minimum absolute atomic E-state index is 0.569. The highest BCUT2D eigenvalue weighted by atomic mass is 15.2. The van der Waals surface area contributed by atoms with Gasteiger partial charge in [0.1, 0.15) is 0 Å². The lowest BCUT2D eigenvalue weighted by atomic mass is 9.76. The number of hydrogen-bond donors (Lipinski definition) is 1. The minimum Gasteiger partial charge on any atom is -0.312 e. The number of nitrogens with one attached hydrogen (secondary N) is 1. The topological polar surface area (TPSA) is 15.3 Å². The predicted molar refractivity (Wildman–Crippen MR) is 63.0 cm³/mol. The Kier molecular flexibility index (Phi) is 2.52. The van der Waals surface area contributed by atoms with Crippen molar-refractivity contribution in [1.82, 2.24) is 10.2 Å². The van der Waals surface area contributed by atoms with E-state index in [4.69, 9.17) is 0 Å². The SMILES string of the molecule is CC1(N2CCCNC(C3CC3)C2)CCC1. The Labute approximate surface area is 93.4 Å². The first kappa shape index (κ1) is 10.1. The molecule has 1 heterocycles. The van der Waals surface area contributed by atoms with Crippen molar-refractivity contribution in [2.24, 2.45) is 5.92 Å². The van der Waals surface area contributed by atoms with Crippen molar-refractivity contribution in [2.45, 2.75) is 57.0 Å². The monoisotopic (exact) mass is 208 g/mol. The van der Waals surface area contributed by atoms with Crippen LogP contribution < -0.4 is 5.32 Å². The van der Waals surface area contributed by atoms with E-state index < -0.39 is 0 Å². The maximum Gasteiger partial charge on any atom is 0.0223 e. The molecule has 0 radical (unpaired) electrons. The molecule has 2 saturated carbocycles. The number of hydrogen-bond acceptors (Lipinski definition) is 2. The maximum absolute atomic E-state index is 3.75. The normalized spacial score (nSPS) is 37.0. The first-order valence-electron chi connectivity index (χ1n) is 6.76. The molecule has 0 amide bonds. The van der Waals surface area contributed by atoms with Gasteiger partial charge in [-0.2, -0.15) is 0 Å². The highest BCUT2D eigenvalue weighted by Gasteiger charge is 2.41. The molecule has 0 aromatic heterocycles. The smallest absolute Gasteiger partial charge is 0.0223 e. The van der Waals surface area contributed by atoms with Crippen molar-refractivity contribution < 1.29 is 0 Å². The van der Waals surface area contributed by atoms with Crippen LogP contribution in [0.2, 0.25) is 0 Å². The van der Waals surface area contributed by atoms with E-state index in [-0.39, 0.29) is 0 Å². The van der Waals surface area contributed by atoms with E-state index in [1.54, 1.807) is 0 Å². The van der Waals surface area contributed by atoms with Crippen molar-refractivity contribution in [1.29, 1.82) is 0 Å². The summed E-state index contributed by atoms with van der Waals surface area (Å²) in [6, 6.07) is 0.810. The fourth-order valence-electron chi connectivity index (χ4n) is 3.26. The zero-order chi connectivity index (χ0) is 10.3. The molecule has 0 aromatic rings. The molecule has 86 valence electrons. The van der Waals surface area contributed by atoms with Crippen molar-refractivity contribution in [3.05, 3.63) is 0 Å². The van der Waals surface area contributed by atoms with Crippen LogP contribution in [0.25, 0.3) is 0 Å². The predicted octanol–water partition coefficient (Wildman–Crippen LogP) is 2.00. The Bertz CT molecular complexity index is 231. The Morgan fingerprint density at radius 1 is 1.20 bits per heavy atom. The average molecular weight is 208 g/mol. The molecule has 1 aliphatic heterocycles. The molecule has 2 aliphatic carbocycles. The second-order valence-corrected chi connectivity index (χ2v) is 6.05. The lowest BCUT2D eigenvalue weighted by molar-refractivity contribution is 0.0295. The molecule has 2 heteroatoms. The van der Waals surface area contributed by atoms with Crippen molar-refractivity contribution >= 4 is 0 Å². The van der Waals surface area contributed by atoms with E-state index in [1.807, 2.05) is 0 Å². The first-order chi connectivity index (χ1) is 7.28. The van der Waals surface area contributed by atoms with Crippen molar-refractivity contribution in [3.63, 3.8) is 0 Å². The Morgan fingerprint density at radius 2 is 2.00 bits per heavy atom. The number of rotatable bonds is 2. The highest BCUT2D eigenvalue weighted by Crippen LogP contribution is 2.40. The molecular weight excluding hydrogens is 184 g/mol. The molecule has 0 aromatic carbocycles. The van der Waals surface area contributed by atoms with E-state index in [9.17, 15) is 0 Å². The summed E-state index contributed by atoms with van der Waals surface area (Å²) in [6.45, 7) is 6.37. The first-order valence-corrected chi connectivity index (χ1v) is 6.76. The summed E-state index contributed by atoms with van der Waals surface area (Å²) in [5, 5.41) is 3.75. The van der Waals surface area contributed by atoms with Gasteiger partial charge in [-0.1, -0.05) is 0 Å². The van der Waals surface area contributed by atoms with E-state index in [2.05, 4.69) is 17.1 Å². The van der Waals surface area contributed by atoms with Gasteiger partial charge in [0, 0.05) is 18.1 Å². The molecule has 1 N–H and O–H groups in total. The zero-order valence-electron chi connectivity index (χ0n) is 9.97. The van der Waals surface area contributed by atoms with E-state index in [1.165, 1.54) is 58.2 Å². The summed E-state index contributed by atoms with van der Waals surface area (Å²) in [7, 11) is 0. The van der Waals surface area contributed by atoms with E-state index >= 15 is 0 Å². The summed E-state index contributed by atoms with van der Waals surface area (Å²) in [6.07, 6.45) is 8.62. The lowest BCUT2D eigenvalue weighted by Crippen LogP contribution is -2.54. The van der Waals surface area contributed by atoms with Crippen LogP contribution in [0.1, 0.15) is 45.4 Å². The van der Waals surface area contributed by atoms with Crippen molar-refractivity contribution in [3.8, 4) is 0 Å². The van der Waals surface area contributed by atoms with Gasteiger partial charge in [0.2, 0.25) is 0 Å². The third kappa shape index (κ3) is 1.94. The van der Waals surface area contributed by atoms with Gasteiger partial charge in [-0.15, -0.1) is 0 Å². The van der Waals surface area contributed by atoms with Gasteiger partial charge in [-0.05, 0) is 64.5 Å². The Morgan fingerprint density at radius 3 is 2.60 bits per heavy atom. The third-order valence-corrected chi connectivity index (χ3v) is 4.81. The summed E-state index contributed by atoms with van der Waals surface area (Å²) < 4.78 is 0. The molecule has 1 atom stereocenters. The number of nitrogens with zero attached hydrogens (tertiary/aromatic N) is 1. The molecule has 2 nitrogen and oxygen atoms in total. The van der Waals surface area contributed by atoms with E-state index in [0.29, 0.717) is 5.54 Å². The molecule has 1 saturated heterocycles. The summed E-state index contributed by atoms with van der Waals surface area (Å²) in [4.78, 5) is 2.79. The summed E-state index contributed by atoms with van der Waals surface area (Å²) in [5.41, 5.74) is 0.569. The molecule has 0 bridgehead atoms. The lowest BCUT2D eigenvalue weighted by Gasteiger charge is -2.48. The molecule has 1 unspecified atom stereocenters. The molecule has 3 rings (SSSR count). The van der Waals surface area contributed by atoms with Crippen LogP contribution in [0, 0.1) is 5.92 Å². The molecule has 15 heavy (non-hydrogen) atoms. The van der Waals surface area contributed by atoms with Crippen LogP contribution in [0.4, 0.5) is 0 Å². The quantitative estimate of drug-likeness (QED) is 0.747. The molecule has 3 aliphatic rings. The van der Waals surface area contributed by atoms with Crippen LogP contribution in [0.3, 0.4) is 0 Å². The summed E-state index contributed by atoms with van der Waals surface area (Å²) in [5.74, 6) is 1.01. The zero-order valence-corrected chi connectivity index (χ0v) is 9.97.